The van der Waals surface area contributed by atoms with Crippen LogP contribution in [0.5, 0.6) is 0 Å². The van der Waals surface area contributed by atoms with E-state index in [9.17, 15) is 14.7 Å². The van der Waals surface area contributed by atoms with Crippen molar-refractivity contribution in [1.82, 2.24) is 4.90 Å². The molecule has 4 nitrogen and oxygen atoms in total. The van der Waals surface area contributed by atoms with Crippen molar-refractivity contribution in [2.45, 2.75) is 32.2 Å². The number of aliphatic hydroxyl groups is 1. The van der Waals surface area contributed by atoms with Gasteiger partial charge in [-0.25, -0.2) is 0 Å². The zero-order valence-corrected chi connectivity index (χ0v) is 18.4. The number of likely N-dealkylation sites (tertiary alicyclic amines) is 1. The van der Waals surface area contributed by atoms with Crippen molar-refractivity contribution in [1.29, 1.82) is 0 Å². The lowest BCUT2D eigenvalue weighted by molar-refractivity contribution is -0.139. The molecule has 0 aliphatic carbocycles. The molecule has 0 radical (unpaired) electrons. The Balaban J connectivity index is 1.77. The average molecular weight is 426 g/mol. The number of aliphatic hydroxyl groups excluding tert-OH is 1. The third-order valence-electron chi connectivity index (χ3n) is 5.99. The van der Waals surface area contributed by atoms with Gasteiger partial charge in [-0.1, -0.05) is 98.8 Å². The van der Waals surface area contributed by atoms with Crippen LogP contribution in [0.1, 0.15) is 48.1 Å². The van der Waals surface area contributed by atoms with E-state index in [1.165, 1.54) is 5.56 Å². The van der Waals surface area contributed by atoms with E-state index in [0.29, 0.717) is 24.4 Å². The van der Waals surface area contributed by atoms with Gasteiger partial charge in [0.05, 0.1) is 11.6 Å². The number of rotatable bonds is 6. The molecule has 0 spiro atoms. The van der Waals surface area contributed by atoms with Crippen molar-refractivity contribution < 1.29 is 14.7 Å². The summed E-state index contributed by atoms with van der Waals surface area (Å²) in [5.74, 6) is -0.976. The second-order valence-electron chi connectivity index (χ2n) is 8.42. The lowest BCUT2D eigenvalue weighted by atomic mass is 9.93. The van der Waals surface area contributed by atoms with Gasteiger partial charge in [0, 0.05) is 12.1 Å². The van der Waals surface area contributed by atoms with Crippen LogP contribution in [-0.2, 0) is 16.0 Å². The summed E-state index contributed by atoms with van der Waals surface area (Å²) >= 11 is 0. The van der Waals surface area contributed by atoms with Crippen molar-refractivity contribution in [3.05, 3.63) is 113 Å². The molecule has 1 saturated heterocycles. The lowest BCUT2D eigenvalue weighted by Crippen LogP contribution is -2.31. The number of ketones is 1. The van der Waals surface area contributed by atoms with E-state index < -0.39 is 17.7 Å². The summed E-state index contributed by atoms with van der Waals surface area (Å²) in [5.41, 5.74) is 3.76. The number of hydrogen-bond donors (Lipinski definition) is 1. The van der Waals surface area contributed by atoms with Crippen LogP contribution >= 0.6 is 0 Å². The van der Waals surface area contributed by atoms with Crippen LogP contribution in [0, 0.1) is 0 Å². The fraction of sp³-hybridized carbons (Fsp3) is 0.214. The molecular formula is C28H27NO3. The first-order valence-corrected chi connectivity index (χ1v) is 10.9. The Morgan fingerprint density at radius 3 is 2.06 bits per heavy atom. The molecule has 0 aromatic heterocycles. The molecule has 0 bridgehead atoms. The van der Waals surface area contributed by atoms with Crippen LogP contribution < -0.4 is 0 Å². The van der Waals surface area contributed by atoms with Crippen LogP contribution in [0.25, 0.3) is 5.76 Å². The summed E-state index contributed by atoms with van der Waals surface area (Å²) in [5, 5.41) is 11.1. The van der Waals surface area contributed by atoms with E-state index in [-0.39, 0.29) is 11.3 Å². The number of nitrogens with zero attached hydrogens (tertiary/aromatic N) is 1. The van der Waals surface area contributed by atoms with Crippen molar-refractivity contribution in [2.75, 3.05) is 6.54 Å². The molecule has 0 unspecified atom stereocenters. The smallest absolute Gasteiger partial charge is 0.295 e. The van der Waals surface area contributed by atoms with Crippen LogP contribution in [0.3, 0.4) is 0 Å². The second kappa shape index (κ2) is 9.23. The maximum absolute atomic E-state index is 13.1. The third-order valence-corrected chi connectivity index (χ3v) is 5.99. The molecule has 3 aromatic carbocycles. The number of Topliss-reactive ketones (excluding diaryl/α,β-unsaturated/α-hetero) is 1. The van der Waals surface area contributed by atoms with Gasteiger partial charge in [0.15, 0.2) is 0 Å². The van der Waals surface area contributed by atoms with Crippen LogP contribution in [0.15, 0.2) is 90.5 Å². The highest BCUT2D eigenvalue weighted by molar-refractivity contribution is 6.46. The maximum Gasteiger partial charge on any atom is 0.295 e. The number of benzene rings is 3. The highest BCUT2D eigenvalue weighted by atomic mass is 16.3. The van der Waals surface area contributed by atoms with Gasteiger partial charge >= 0.3 is 0 Å². The summed E-state index contributed by atoms with van der Waals surface area (Å²) in [4.78, 5) is 27.7. The minimum absolute atomic E-state index is 0.135. The molecule has 1 fully saturated rings. The van der Waals surface area contributed by atoms with Gasteiger partial charge in [0.25, 0.3) is 11.7 Å². The zero-order chi connectivity index (χ0) is 22.7. The lowest BCUT2D eigenvalue weighted by Gasteiger charge is -2.25. The predicted octanol–water partition coefficient (Wildman–Crippen LogP) is 5.47. The van der Waals surface area contributed by atoms with Crippen LogP contribution in [0.4, 0.5) is 0 Å². The number of amides is 1. The van der Waals surface area contributed by atoms with Gasteiger partial charge in [-0.2, -0.15) is 0 Å². The quantitative estimate of drug-likeness (QED) is 0.323. The van der Waals surface area contributed by atoms with Gasteiger partial charge in [0.1, 0.15) is 5.76 Å². The van der Waals surface area contributed by atoms with Gasteiger partial charge in [-0.3, -0.25) is 9.59 Å². The van der Waals surface area contributed by atoms with Gasteiger partial charge in [-0.15, -0.1) is 0 Å². The number of carbonyl (C=O) groups is 2. The van der Waals surface area contributed by atoms with Crippen LogP contribution in [-0.4, -0.2) is 28.2 Å². The molecular weight excluding hydrogens is 398 g/mol. The van der Waals surface area contributed by atoms with E-state index in [4.69, 9.17) is 0 Å². The molecule has 1 atom stereocenters. The first-order valence-electron chi connectivity index (χ1n) is 10.9. The maximum atomic E-state index is 13.1. The molecule has 1 aliphatic rings. The molecule has 1 heterocycles. The molecule has 1 aliphatic heterocycles. The Bertz CT molecular complexity index is 1130. The van der Waals surface area contributed by atoms with Crippen molar-refractivity contribution >= 4 is 17.4 Å². The zero-order valence-electron chi connectivity index (χ0n) is 18.4. The normalized spacial score (nSPS) is 17.8. The van der Waals surface area contributed by atoms with Gasteiger partial charge < -0.3 is 10.0 Å². The average Bonchev–Trinajstić information content (AvgIpc) is 3.08. The van der Waals surface area contributed by atoms with Crippen molar-refractivity contribution in [3.8, 4) is 0 Å². The highest BCUT2D eigenvalue weighted by Crippen LogP contribution is 2.39. The fourth-order valence-electron chi connectivity index (χ4n) is 4.17. The summed E-state index contributed by atoms with van der Waals surface area (Å²) in [6.07, 6.45) is 0.625. The first-order chi connectivity index (χ1) is 15.5. The fourth-order valence-corrected chi connectivity index (χ4v) is 4.17. The molecule has 3 aromatic rings. The van der Waals surface area contributed by atoms with Crippen molar-refractivity contribution in [2.24, 2.45) is 0 Å². The van der Waals surface area contributed by atoms with E-state index in [2.05, 4.69) is 13.8 Å². The molecule has 4 rings (SSSR count). The Morgan fingerprint density at radius 1 is 0.875 bits per heavy atom. The summed E-state index contributed by atoms with van der Waals surface area (Å²) in [6.45, 7) is 4.63. The number of carbonyl (C=O) groups excluding carboxylic acids is 2. The SMILES string of the molecule is CC(C)c1ccc([C@@H]2C(=C(O)c3ccccc3)C(=O)C(=O)N2CCc2ccccc2)cc1. The Kier molecular flexibility index (Phi) is 6.22. The van der Waals surface area contributed by atoms with Gasteiger partial charge in [-0.05, 0) is 29.0 Å². The molecule has 32 heavy (non-hydrogen) atoms. The molecule has 162 valence electrons. The second-order valence-corrected chi connectivity index (χ2v) is 8.42. The van der Waals surface area contributed by atoms with Crippen molar-refractivity contribution in [3.63, 3.8) is 0 Å². The minimum atomic E-state index is -0.641. The third kappa shape index (κ3) is 4.22. The summed E-state index contributed by atoms with van der Waals surface area (Å²) < 4.78 is 0. The molecule has 1 amide bonds. The minimum Gasteiger partial charge on any atom is -0.507 e. The Hall–Kier alpha value is -3.66. The standard InChI is InChI=1S/C28H27NO3/c1-19(2)21-13-15-22(16-14-21)25-24(26(30)23-11-7-4-8-12-23)27(31)28(32)29(25)18-17-20-9-5-3-6-10-20/h3-16,19,25,30H,17-18H2,1-2H3/t25-/m1/s1. The molecule has 0 saturated carbocycles. The molecule has 4 heteroatoms. The summed E-state index contributed by atoms with van der Waals surface area (Å²) in [6, 6.07) is 26.2. The van der Waals surface area contributed by atoms with Gasteiger partial charge in [0.2, 0.25) is 0 Å². The van der Waals surface area contributed by atoms with E-state index >= 15 is 0 Å². The van der Waals surface area contributed by atoms with E-state index in [0.717, 1.165) is 11.1 Å². The van der Waals surface area contributed by atoms with Crippen LogP contribution in [0.2, 0.25) is 0 Å². The number of hydrogen-bond acceptors (Lipinski definition) is 3. The predicted molar refractivity (Wildman–Crippen MR) is 126 cm³/mol. The topological polar surface area (TPSA) is 57.6 Å². The highest BCUT2D eigenvalue weighted by Gasteiger charge is 2.45. The monoisotopic (exact) mass is 425 g/mol. The first kappa shape index (κ1) is 21.6. The van der Waals surface area contributed by atoms with E-state index in [1.54, 1.807) is 29.2 Å². The Morgan fingerprint density at radius 2 is 1.47 bits per heavy atom. The summed E-state index contributed by atoms with van der Waals surface area (Å²) in [7, 11) is 0. The Labute approximate surface area is 188 Å². The largest absolute Gasteiger partial charge is 0.507 e. The van der Waals surface area contributed by atoms with E-state index in [1.807, 2.05) is 60.7 Å². The molecule has 1 N–H and O–H groups in total.